The minimum atomic E-state index is -4.44. The highest BCUT2D eigenvalue weighted by molar-refractivity contribution is 5.93. The van der Waals surface area contributed by atoms with Crippen LogP contribution in [-0.2, 0) is 4.79 Å². The van der Waals surface area contributed by atoms with Crippen molar-refractivity contribution in [3.63, 3.8) is 0 Å². The molecule has 9 heteroatoms. The van der Waals surface area contributed by atoms with Gasteiger partial charge in [-0.25, -0.2) is 4.79 Å². The lowest BCUT2D eigenvalue weighted by molar-refractivity contribution is -0.153. The number of carbonyl (C=O) groups is 2. The van der Waals surface area contributed by atoms with E-state index in [4.69, 9.17) is 4.74 Å². The fourth-order valence-electron chi connectivity index (χ4n) is 1.90. The lowest BCUT2D eigenvalue weighted by Crippen LogP contribution is -2.39. The van der Waals surface area contributed by atoms with Gasteiger partial charge in [0.15, 0.2) is 6.61 Å². The molecule has 0 spiro atoms. The van der Waals surface area contributed by atoms with E-state index in [1.165, 1.54) is 25.1 Å². The molecule has 24 heavy (non-hydrogen) atoms. The molecule has 2 rings (SSSR count). The number of hydrogen-bond donors (Lipinski definition) is 3. The number of ether oxygens (including phenoxy) is 1. The molecule has 1 aliphatic rings. The Morgan fingerprint density at radius 2 is 2.00 bits per heavy atom. The quantitative estimate of drug-likeness (QED) is 0.740. The first-order chi connectivity index (χ1) is 11.2. The maximum Gasteiger partial charge on any atom is 0.422 e. The van der Waals surface area contributed by atoms with Gasteiger partial charge in [-0.1, -0.05) is 6.07 Å². The predicted octanol–water partition coefficient (Wildman–Crippen LogP) is 2.34. The van der Waals surface area contributed by atoms with E-state index in [-0.39, 0.29) is 24.2 Å². The van der Waals surface area contributed by atoms with E-state index in [0.29, 0.717) is 11.3 Å². The van der Waals surface area contributed by atoms with Gasteiger partial charge in [-0.3, -0.25) is 4.79 Å². The molecule has 1 aromatic rings. The standard InChI is InChI=1S/C15H18F3N3O3/c1-9-11(3-2-4-12(9)24-8-15(16,17)18)21-14(23)19-7-13(22)20-10-5-6-10/h2-4,10H,5-8H2,1H3,(H,20,22)(H2,19,21,23). The zero-order valence-electron chi connectivity index (χ0n) is 13.0. The van der Waals surface area contributed by atoms with Gasteiger partial charge in [-0.05, 0) is 31.9 Å². The van der Waals surface area contributed by atoms with Crippen LogP contribution in [0.2, 0.25) is 0 Å². The number of alkyl halides is 3. The van der Waals surface area contributed by atoms with Gasteiger partial charge in [0.2, 0.25) is 5.91 Å². The Kier molecular flexibility index (Phi) is 5.53. The molecule has 0 atom stereocenters. The topological polar surface area (TPSA) is 79.5 Å². The maximum absolute atomic E-state index is 12.2. The lowest BCUT2D eigenvalue weighted by Gasteiger charge is -2.15. The Balaban J connectivity index is 1.86. The van der Waals surface area contributed by atoms with E-state index in [1.54, 1.807) is 0 Å². The second kappa shape index (κ2) is 7.41. The summed E-state index contributed by atoms with van der Waals surface area (Å²) in [7, 11) is 0. The van der Waals surface area contributed by atoms with Crippen LogP contribution in [0, 0.1) is 6.92 Å². The largest absolute Gasteiger partial charge is 0.484 e. The van der Waals surface area contributed by atoms with Crippen LogP contribution in [0.15, 0.2) is 18.2 Å². The fourth-order valence-corrected chi connectivity index (χ4v) is 1.90. The molecular weight excluding hydrogens is 327 g/mol. The molecule has 0 unspecified atom stereocenters. The van der Waals surface area contributed by atoms with Crippen molar-refractivity contribution >= 4 is 17.6 Å². The van der Waals surface area contributed by atoms with Crippen LogP contribution in [0.3, 0.4) is 0 Å². The molecule has 0 aromatic heterocycles. The highest BCUT2D eigenvalue weighted by atomic mass is 19.4. The lowest BCUT2D eigenvalue weighted by atomic mass is 10.2. The molecule has 132 valence electrons. The third kappa shape index (κ3) is 5.98. The van der Waals surface area contributed by atoms with Gasteiger partial charge >= 0.3 is 12.2 Å². The van der Waals surface area contributed by atoms with E-state index < -0.39 is 18.8 Å². The molecule has 1 saturated carbocycles. The summed E-state index contributed by atoms with van der Waals surface area (Å²) in [5, 5.41) is 7.58. The summed E-state index contributed by atoms with van der Waals surface area (Å²) in [5.74, 6) is -0.261. The maximum atomic E-state index is 12.2. The van der Waals surface area contributed by atoms with E-state index in [9.17, 15) is 22.8 Å². The van der Waals surface area contributed by atoms with Crippen LogP contribution in [-0.4, -0.2) is 37.3 Å². The summed E-state index contributed by atoms with van der Waals surface area (Å²) >= 11 is 0. The van der Waals surface area contributed by atoms with Gasteiger partial charge in [0.25, 0.3) is 0 Å². The number of benzene rings is 1. The average Bonchev–Trinajstić information content (AvgIpc) is 3.29. The van der Waals surface area contributed by atoms with E-state index >= 15 is 0 Å². The van der Waals surface area contributed by atoms with Crippen LogP contribution < -0.4 is 20.7 Å². The molecule has 6 nitrogen and oxygen atoms in total. The third-order valence-corrected chi connectivity index (χ3v) is 3.28. The van der Waals surface area contributed by atoms with E-state index in [1.807, 2.05) is 0 Å². The van der Waals surface area contributed by atoms with Crippen molar-refractivity contribution in [2.24, 2.45) is 0 Å². The number of halogens is 3. The first-order valence-electron chi connectivity index (χ1n) is 7.38. The molecule has 0 radical (unpaired) electrons. The number of hydrogen-bond acceptors (Lipinski definition) is 3. The van der Waals surface area contributed by atoms with Crippen LogP contribution in [0.1, 0.15) is 18.4 Å². The van der Waals surface area contributed by atoms with E-state index in [2.05, 4.69) is 16.0 Å². The van der Waals surface area contributed by atoms with Crippen molar-refractivity contribution in [1.29, 1.82) is 0 Å². The Morgan fingerprint density at radius 1 is 1.29 bits per heavy atom. The number of urea groups is 1. The van der Waals surface area contributed by atoms with Gasteiger partial charge in [0.1, 0.15) is 5.75 Å². The van der Waals surface area contributed by atoms with Gasteiger partial charge < -0.3 is 20.7 Å². The second-order valence-electron chi connectivity index (χ2n) is 5.48. The van der Waals surface area contributed by atoms with Gasteiger partial charge in [-0.2, -0.15) is 13.2 Å². The minimum Gasteiger partial charge on any atom is -0.484 e. The Bertz CT molecular complexity index is 616. The summed E-state index contributed by atoms with van der Waals surface area (Å²) < 4.78 is 41.3. The van der Waals surface area contributed by atoms with Crippen molar-refractivity contribution in [3.05, 3.63) is 23.8 Å². The fraction of sp³-hybridized carbons (Fsp3) is 0.467. The summed E-state index contributed by atoms with van der Waals surface area (Å²) in [6.07, 6.45) is -2.55. The molecule has 3 N–H and O–H groups in total. The first-order valence-corrected chi connectivity index (χ1v) is 7.38. The zero-order valence-corrected chi connectivity index (χ0v) is 13.0. The minimum absolute atomic E-state index is 0.0246. The first kappa shape index (κ1) is 17.9. The van der Waals surface area contributed by atoms with Gasteiger partial charge in [0.05, 0.1) is 6.54 Å². The summed E-state index contributed by atoms with van der Waals surface area (Å²) in [6.45, 7) is -0.0579. The molecule has 1 aromatic carbocycles. The number of amides is 3. The normalized spacial score (nSPS) is 14.0. The summed E-state index contributed by atoms with van der Waals surface area (Å²) in [4.78, 5) is 23.2. The van der Waals surface area contributed by atoms with Gasteiger partial charge in [-0.15, -0.1) is 0 Å². The highest BCUT2D eigenvalue weighted by Crippen LogP contribution is 2.27. The number of nitrogens with one attached hydrogen (secondary N) is 3. The Labute approximate surface area is 136 Å². The number of rotatable bonds is 6. The predicted molar refractivity (Wildman–Crippen MR) is 80.9 cm³/mol. The number of carbonyl (C=O) groups excluding carboxylic acids is 2. The zero-order chi connectivity index (χ0) is 17.7. The van der Waals surface area contributed by atoms with Crippen molar-refractivity contribution < 1.29 is 27.5 Å². The monoisotopic (exact) mass is 345 g/mol. The van der Waals surface area contributed by atoms with Crippen LogP contribution in [0.4, 0.5) is 23.7 Å². The van der Waals surface area contributed by atoms with Crippen molar-refractivity contribution in [3.8, 4) is 5.75 Å². The molecule has 0 heterocycles. The molecule has 3 amide bonds. The second-order valence-corrected chi connectivity index (χ2v) is 5.48. The van der Waals surface area contributed by atoms with E-state index in [0.717, 1.165) is 12.8 Å². The Morgan fingerprint density at radius 3 is 2.62 bits per heavy atom. The van der Waals surface area contributed by atoms with Crippen molar-refractivity contribution in [2.45, 2.75) is 32.0 Å². The smallest absolute Gasteiger partial charge is 0.422 e. The molecular formula is C15H18F3N3O3. The SMILES string of the molecule is Cc1c(NC(=O)NCC(=O)NC2CC2)cccc1OCC(F)(F)F. The Hall–Kier alpha value is -2.45. The summed E-state index contributed by atoms with van der Waals surface area (Å²) in [6, 6.07) is 3.95. The van der Waals surface area contributed by atoms with Gasteiger partial charge in [0, 0.05) is 17.3 Å². The van der Waals surface area contributed by atoms with Crippen LogP contribution in [0.5, 0.6) is 5.75 Å². The molecule has 0 bridgehead atoms. The van der Waals surface area contributed by atoms with Crippen LogP contribution >= 0.6 is 0 Å². The molecule has 0 aliphatic heterocycles. The molecule has 1 fully saturated rings. The highest BCUT2D eigenvalue weighted by Gasteiger charge is 2.28. The number of anilines is 1. The third-order valence-electron chi connectivity index (χ3n) is 3.28. The van der Waals surface area contributed by atoms with Crippen molar-refractivity contribution in [2.75, 3.05) is 18.5 Å². The van der Waals surface area contributed by atoms with Crippen molar-refractivity contribution in [1.82, 2.24) is 10.6 Å². The molecule has 1 aliphatic carbocycles. The molecule has 0 saturated heterocycles. The average molecular weight is 345 g/mol. The summed E-state index contributed by atoms with van der Waals surface area (Å²) in [5.41, 5.74) is 0.661. The van der Waals surface area contributed by atoms with Crippen LogP contribution in [0.25, 0.3) is 0 Å².